The monoisotopic (exact) mass is 247 g/mol. The maximum Gasteiger partial charge on any atom is 0.202 e. The van der Waals surface area contributed by atoms with Crippen LogP contribution in [-0.2, 0) is 0 Å². The predicted molar refractivity (Wildman–Crippen MR) is 66.6 cm³/mol. The van der Waals surface area contributed by atoms with Gasteiger partial charge in [0.25, 0.3) is 0 Å². The summed E-state index contributed by atoms with van der Waals surface area (Å²) in [7, 11) is 1.89. The Balaban J connectivity index is 2.12. The van der Waals surface area contributed by atoms with Crippen molar-refractivity contribution in [1.29, 1.82) is 0 Å². The molecule has 0 aliphatic carbocycles. The van der Waals surface area contributed by atoms with Crippen molar-refractivity contribution in [3.8, 4) is 0 Å². The SMILES string of the molecule is CNc1nc(C2SCCSC2C)ns1. The van der Waals surface area contributed by atoms with Crippen molar-refractivity contribution in [3.63, 3.8) is 0 Å². The summed E-state index contributed by atoms with van der Waals surface area (Å²) in [6, 6.07) is 0. The number of hydrogen-bond donors (Lipinski definition) is 1. The predicted octanol–water partition coefficient (Wildman–Crippen LogP) is 2.49. The van der Waals surface area contributed by atoms with E-state index in [0.717, 1.165) is 11.0 Å². The average Bonchev–Trinajstić information content (AvgIpc) is 2.67. The average molecular weight is 247 g/mol. The molecule has 1 N–H and O–H groups in total. The molecule has 2 rings (SSSR count). The minimum Gasteiger partial charge on any atom is -0.363 e. The molecule has 0 amide bonds. The van der Waals surface area contributed by atoms with Crippen LogP contribution in [-0.4, -0.2) is 33.2 Å². The molecule has 0 aromatic carbocycles. The molecule has 0 radical (unpaired) electrons. The maximum absolute atomic E-state index is 4.46. The lowest BCUT2D eigenvalue weighted by Gasteiger charge is -2.25. The summed E-state index contributed by atoms with van der Waals surface area (Å²) in [5.41, 5.74) is 0. The molecule has 0 spiro atoms. The largest absolute Gasteiger partial charge is 0.363 e. The Morgan fingerprint density at radius 3 is 2.79 bits per heavy atom. The van der Waals surface area contributed by atoms with Gasteiger partial charge in [-0.1, -0.05) is 6.92 Å². The number of aromatic nitrogens is 2. The lowest BCUT2D eigenvalue weighted by molar-refractivity contribution is 0.849. The van der Waals surface area contributed by atoms with Gasteiger partial charge < -0.3 is 5.32 Å². The molecule has 1 saturated heterocycles. The highest BCUT2D eigenvalue weighted by molar-refractivity contribution is 8.06. The van der Waals surface area contributed by atoms with E-state index in [1.165, 1.54) is 23.0 Å². The molecule has 3 nitrogen and oxygen atoms in total. The number of nitrogens with one attached hydrogen (secondary N) is 1. The minimum atomic E-state index is 0.479. The minimum absolute atomic E-state index is 0.479. The van der Waals surface area contributed by atoms with Crippen molar-refractivity contribution >= 4 is 40.2 Å². The van der Waals surface area contributed by atoms with Crippen LogP contribution in [0.3, 0.4) is 0 Å². The lowest BCUT2D eigenvalue weighted by Crippen LogP contribution is -2.16. The topological polar surface area (TPSA) is 37.8 Å². The van der Waals surface area contributed by atoms with Crippen molar-refractivity contribution in [2.45, 2.75) is 17.4 Å². The molecule has 1 aromatic heterocycles. The Bertz CT molecular complexity index is 302. The lowest BCUT2D eigenvalue weighted by atomic mass is 10.3. The van der Waals surface area contributed by atoms with E-state index < -0.39 is 0 Å². The van der Waals surface area contributed by atoms with Crippen molar-refractivity contribution in [2.75, 3.05) is 23.9 Å². The van der Waals surface area contributed by atoms with Crippen LogP contribution in [0.2, 0.25) is 0 Å². The number of anilines is 1. The van der Waals surface area contributed by atoms with E-state index in [1.807, 2.05) is 30.6 Å². The fourth-order valence-corrected chi connectivity index (χ4v) is 4.68. The van der Waals surface area contributed by atoms with Crippen LogP contribution >= 0.6 is 35.1 Å². The van der Waals surface area contributed by atoms with Gasteiger partial charge in [-0.05, 0) is 0 Å². The van der Waals surface area contributed by atoms with Crippen LogP contribution < -0.4 is 5.32 Å². The van der Waals surface area contributed by atoms with Gasteiger partial charge in [0.05, 0.1) is 5.25 Å². The summed E-state index contributed by atoms with van der Waals surface area (Å²) < 4.78 is 4.39. The van der Waals surface area contributed by atoms with Crippen molar-refractivity contribution in [1.82, 2.24) is 9.36 Å². The third-order valence-corrected chi connectivity index (χ3v) is 5.93. The quantitative estimate of drug-likeness (QED) is 0.869. The van der Waals surface area contributed by atoms with Gasteiger partial charge in [-0.15, -0.1) is 11.8 Å². The molecule has 0 saturated carbocycles. The Labute approximate surface area is 96.6 Å². The van der Waals surface area contributed by atoms with Gasteiger partial charge in [0.2, 0.25) is 5.13 Å². The molecule has 6 heteroatoms. The van der Waals surface area contributed by atoms with Crippen LogP contribution in [0.5, 0.6) is 0 Å². The standard InChI is InChI=1S/C8H13N3S3/c1-5-6(13-4-3-12-5)7-10-8(9-2)14-11-7/h5-6H,3-4H2,1-2H3,(H,9,10,11). The highest BCUT2D eigenvalue weighted by Gasteiger charge is 2.27. The Kier molecular flexibility index (Phi) is 3.57. The molecular formula is C8H13N3S3. The Hall–Kier alpha value is 0.0600. The summed E-state index contributed by atoms with van der Waals surface area (Å²) >= 11 is 5.45. The zero-order chi connectivity index (χ0) is 9.97. The second-order valence-corrected chi connectivity index (χ2v) is 6.56. The van der Waals surface area contributed by atoms with E-state index in [-0.39, 0.29) is 0 Å². The molecule has 1 aromatic rings. The summed E-state index contributed by atoms with van der Waals surface area (Å²) in [6.45, 7) is 2.27. The van der Waals surface area contributed by atoms with Crippen LogP contribution in [0.25, 0.3) is 0 Å². The van der Waals surface area contributed by atoms with Gasteiger partial charge in [0.15, 0.2) is 5.82 Å². The van der Waals surface area contributed by atoms with Gasteiger partial charge >= 0.3 is 0 Å². The van der Waals surface area contributed by atoms with Gasteiger partial charge in [-0.3, -0.25) is 0 Å². The first-order chi connectivity index (χ1) is 6.81. The molecule has 2 atom stereocenters. The van der Waals surface area contributed by atoms with E-state index in [0.29, 0.717) is 10.5 Å². The second kappa shape index (κ2) is 4.72. The fourth-order valence-electron chi connectivity index (χ4n) is 1.37. The molecule has 1 fully saturated rings. The molecule has 78 valence electrons. The summed E-state index contributed by atoms with van der Waals surface area (Å²) in [6.07, 6.45) is 0. The summed E-state index contributed by atoms with van der Waals surface area (Å²) in [5, 5.41) is 5.06. The third-order valence-electron chi connectivity index (χ3n) is 2.10. The number of rotatable bonds is 2. The zero-order valence-corrected chi connectivity index (χ0v) is 10.6. The van der Waals surface area contributed by atoms with Gasteiger partial charge in [-0.2, -0.15) is 16.1 Å². The number of nitrogens with zero attached hydrogens (tertiary/aromatic N) is 2. The first-order valence-corrected chi connectivity index (χ1v) is 7.43. The highest BCUT2D eigenvalue weighted by atomic mass is 32.2. The van der Waals surface area contributed by atoms with E-state index in [9.17, 15) is 0 Å². The first kappa shape index (κ1) is 10.6. The molecular weight excluding hydrogens is 234 g/mol. The number of hydrogen-bond acceptors (Lipinski definition) is 6. The van der Waals surface area contributed by atoms with E-state index in [4.69, 9.17) is 0 Å². The fraction of sp³-hybridized carbons (Fsp3) is 0.750. The summed E-state index contributed by atoms with van der Waals surface area (Å²) in [5.74, 6) is 3.48. The molecule has 14 heavy (non-hydrogen) atoms. The second-order valence-electron chi connectivity index (χ2n) is 3.08. The normalized spacial score (nSPS) is 27.6. The molecule has 2 unspecified atom stereocenters. The van der Waals surface area contributed by atoms with Crippen LogP contribution in [0.1, 0.15) is 18.0 Å². The third kappa shape index (κ3) is 2.17. The van der Waals surface area contributed by atoms with Gasteiger partial charge in [0, 0.05) is 35.3 Å². The highest BCUT2D eigenvalue weighted by Crippen LogP contribution is 2.41. The van der Waals surface area contributed by atoms with Crippen molar-refractivity contribution in [3.05, 3.63) is 5.82 Å². The van der Waals surface area contributed by atoms with Crippen molar-refractivity contribution < 1.29 is 0 Å². The van der Waals surface area contributed by atoms with Crippen LogP contribution in [0, 0.1) is 0 Å². The van der Waals surface area contributed by atoms with Crippen LogP contribution in [0.4, 0.5) is 5.13 Å². The van der Waals surface area contributed by atoms with E-state index in [2.05, 4.69) is 21.6 Å². The van der Waals surface area contributed by atoms with E-state index >= 15 is 0 Å². The van der Waals surface area contributed by atoms with E-state index in [1.54, 1.807) is 0 Å². The smallest absolute Gasteiger partial charge is 0.202 e. The maximum atomic E-state index is 4.46. The summed E-state index contributed by atoms with van der Waals surface area (Å²) in [4.78, 5) is 4.46. The zero-order valence-electron chi connectivity index (χ0n) is 8.19. The number of thioether (sulfide) groups is 2. The molecule has 0 bridgehead atoms. The van der Waals surface area contributed by atoms with Gasteiger partial charge in [-0.25, -0.2) is 4.98 Å². The molecule has 1 aliphatic rings. The first-order valence-electron chi connectivity index (χ1n) is 4.56. The van der Waals surface area contributed by atoms with Crippen LogP contribution in [0.15, 0.2) is 0 Å². The Morgan fingerprint density at radius 1 is 1.36 bits per heavy atom. The van der Waals surface area contributed by atoms with Gasteiger partial charge in [0.1, 0.15) is 0 Å². The molecule has 2 heterocycles. The van der Waals surface area contributed by atoms with Crippen molar-refractivity contribution in [2.24, 2.45) is 0 Å². The Morgan fingerprint density at radius 2 is 2.14 bits per heavy atom. The molecule has 1 aliphatic heterocycles.